The number of carbonyl (C=O) groups is 1. The number of rotatable bonds is 13. The average molecular weight is 615 g/mol. The number of ether oxygens (including phenoxy) is 1. The Morgan fingerprint density at radius 1 is 1.26 bits per heavy atom. The minimum Gasteiger partial charge on any atom is -0.598 e. The Morgan fingerprint density at radius 2 is 2.00 bits per heavy atom. The fourth-order valence-corrected chi connectivity index (χ4v) is 7.86. The zero-order valence-electron chi connectivity index (χ0n) is 26.4. The highest BCUT2D eigenvalue weighted by atomic mass is 32.2. The second-order valence-electron chi connectivity index (χ2n) is 13.0. The molecule has 2 aromatic rings. The van der Waals surface area contributed by atoms with Crippen LogP contribution in [-0.4, -0.2) is 50.7 Å². The van der Waals surface area contributed by atoms with Crippen LogP contribution in [0, 0.1) is 18.3 Å². The molecule has 42 heavy (non-hydrogen) atoms. The lowest BCUT2D eigenvalue weighted by Crippen LogP contribution is -2.49. The van der Waals surface area contributed by atoms with Crippen LogP contribution in [0.1, 0.15) is 102 Å². The number of carbonyl (C=O) groups excluding carboxylic acids is 1. The minimum atomic E-state index is -1.14. The Bertz CT molecular complexity index is 1180. The number of nitrogens with zero attached hydrogens (tertiary/aromatic N) is 3. The summed E-state index contributed by atoms with van der Waals surface area (Å²) in [6.45, 7) is 14.7. The van der Waals surface area contributed by atoms with E-state index in [1.807, 2.05) is 33.9 Å². The van der Waals surface area contributed by atoms with Crippen LogP contribution in [0.3, 0.4) is 0 Å². The molecular formula is C33H50N4O3S2. The molecule has 1 aliphatic carbocycles. The first kappa shape index (κ1) is 33.1. The van der Waals surface area contributed by atoms with Crippen molar-refractivity contribution in [1.29, 1.82) is 0 Å². The van der Waals surface area contributed by atoms with Crippen molar-refractivity contribution in [2.45, 2.75) is 109 Å². The van der Waals surface area contributed by atoms with Crippen LogP contribution in [-0.2, 0) is 27.3 Å². The van der Waals surface area contributed by atoms with Gasteiger partial charge < -0.3 is 14.2 Å². The van der Waals surface area contributed by atoms with E-state index in [0.29, 0.717) is 24.7 Å². The number of hydrogen-bond acceptors (Lipinski definition) is 8. The third-order valence-corrected chi connectivity index (χ3v) is 11.5. The summed E-state index contributed by atoms with van der Waals surface area (Å²) in [6, 6.07) is 8.72. The molecule has 0 saturated carbocycles. The van der Waals surface area contributed by atoms with Crippen molar-refractivity contribution in [3.05, 3.63) is 47.3 Å². The monoisotopic (exact) mass is 614 g/mol. The summed E-state index contributed by atoms with van der Waals surface area (Å²) >= 11 is 0.429. The Morgan fingerprint density at radius 3 is 2.67 bits per heavy atom. The Hall–Kier alpha value is -1.81. The van der Waals surface area contributed by atoms with Crippen molar-refractivity contribution in [2.75, 3.05) is 30.3 Å². The fraction of sp³-hybridized carbons (Fsp3) is 0.667. The van der Waals surface area contributed by atoms with E-state index in [1.165, 1.54) is 24.0 Å². The lowest BCUT2D eigenvalue weighted by molar-refractivity contribution is -0.144. The van der Waals surface area contributed by atoms with Crippen molar-refractivity contribution in [1.82, 2.24) is 14.7 Å². The lowest BCUT2D eigenvalue weighted by atomic mass is 9.73. The van der Waals surface area contributed by atoms with Gasteiger partial charge in [-0.2, -0.15) is 0 Å². The Balaban J connectivity index is 1.31. The van der Waals surface area contributed by atoms with Gasteiger partial charge in [-0.3, -0.25) is 4.79 Å². The molecule has 0 unspecified atom stereocenters. The molecule has 7 nitrogen and oxygen atoms in total. The number of unbranched alkanes of at least 4 members (excludes halogenated alkanes) is 1. The van der Waals surface area contributed by atoms with Gasteiger partial charge in [-0.1, -0.05) is 57.4 Å². The molecule has 2 heterocycles. The topological polar surface area (TPSA) is 90.4 Å². The summed E-state index contributed by atoms with van der Waals surface area (Å²) in [5, 5.41) is 0.870. The molecule has 0 radical (unpaired) electrons. The molecule has 1 aromatic heterocycles. The number of hydrogen-bond donors (Lipinski definition) is 1. The fourth-order valence-electron chi connectivity index (χ4n) is 6.07. The molecule has 3 atom stereocenters. The maximum Gasteiger partial charge on any atom is 0.306 e. The largest absolute Gasteiger partial charge is 0.598 e. The SMILES string of the molecule is CCCC[C@@H](CC)COC(=O)CCSc1ncc(N2CCC3(CC2)Cc2ccccc2[C@H]3N[S@+]([O-])C(C)(C)C)nc1C. The second-order valence-corrected chi connectivity index (χ2v) is 16.1. The van der Waals surface area contributed by atoms with Crippen LogP contribution in [0.25, 0.3) is 0 Å². The average Bonchev–Trinajstić information content (AvgIpc) is 3.26. The summed E-state index contributed by atoms with van der Waals surface area (Å²) in [7, 11) is 0. The van der Waals surface area contributed by atoms with Gasteiger partial charge in [0.25, 0.3) is 0 Å². The van der Waals surface area contributed by atoms with Crippen LogP contribution in [0.5, 0.6) is 0 Å². The van der Waals surface area contributed by atoms with Crippen molar-refractivity contribution >= 4 is 34.9 Å². The van der Waals surface area contributed by atoms with Crippen molar-refractivity contribution < 1.29 is 14.1 Å². The molecule has 2 aliphatic rings. The van der Waals surface area contributed by atoms with E-state index >= 15 is 0 Å². The summed E-state index contributed by atoms with van der Waals surface area (Å²) < 4.78 is 21.9. The number of esters is 1. The normalized spacial score (nSPS) is 19.5. The quantitative estimate of drug-likeness (QED) is 0.147. The number of anilines is 1. The van der Waals surface area contributed by atoms with E-state index in [1.54, 1.807) is 11.8 Å². The summed E-state index contributed by atoms with van der Waals surface area (Å²) in [5.74, 6) is 1.87. The van der Waals surface area contributed by atoms with Gasteiger partial charge in [0.05, 0.1) is 31.0 Å². The van der Waals surface area contributed by atoms with E-state index in [9.17, 15) is 9.35 Å². The van der Waals surface area contributed by atoms with Crippen LogP contribution >= 0.6 is 11.8 Å². The first-order valence-corrected chi connectivity index (χ1v) is 17.8. The molecule has 1 fully saturated rings. The zero-order chi connectivity index (χ0) is 30.3. The molecule has 9 heteroatoms. The van der Waals surface area contributed by atoms with Gasteiger partial charge in [-0.25, -0.2) is 9.97 Å². The van der Waals surface area contributed by atoms with Gasteiger partial charge >= 0.3 is 5.97 Å². The predicted molar refractivity (Wildman–Crippen MR) is 174 cm³/mol. The molecule has 232 valence electrons. The molecule has 4 rings (SSSR count). The van der Waals surface area contributed by atoms with E-state index in [0.717, 1.165) is 61.7 Å². The maximum absolute atomic E-state index is 13.2. The summed E-state index contributed by atoms with van der Waals surface area (Å²) in [4.78, 5) is 24.3. The van der Waals surface area contributed by atoms with E-state index in [4.69, 9.17) is 14.7 Å². The second kappa shape index (κ2) is 14.8. The van der Waals surface area contributed by atoms with Gasteiger partial charge in [-0.15, -0.1) is 16.5 Å². The molecule has 0 bridgehead atoms. The number of aryl methyl sites for hydroxylation is 1. The highest BCUT2D eigenvalue weighted by Crippen LogP contribution is 2.52. The van der Waals surface area contributed by atoms with Crippen molar-refractivity contribution in [3.8, 4) is 0 Å². The van der Waals surface area contributed by atoms with Gasteiger partial charge in [0.2, 0.25) is 0 Å². The molecule has 0 amide bonds. The number of benzene rings is 1. The number of thioether (sulfide) groups is 1. The molecule has 1 spiro atoms. The van der Waals surface area contributed by atoms with Crippen molar-refractivity contribution in [3.63, 3.8) is 0 Å². The van der Waals surface area contributed by atoms with Gasteiger partial charge in [0.15, 0.2) is 0 Å². The van der Waals surface area contributed by atoms with E-state index < -0.39 is 11.4 Å². The Labute approximate surface area is 260 Å². The first-order valence-electron chi connectivity index (χ1n) is 15.7. The molecule has 1 aromatic carbocycles. The number of nitrogens with one attached hydrogen (secondary N) is 1. The highest BCUT2D eigenvalue weighted by Gasteiger charge is 2.50. The van der Waals surface area contributed by atoms with Crippen LogP contribution in [0.15, 0.2) is 35.5 Å². The molecule has 1 aliphatic heterocycles. The zero-order valence-corrected chi connectivity index (χ0v) is 28.0. The Kier molecular flexibility index (Phi) is 11.6. The number of aromatic nitrogens is 2. The lowest BCUT2D eigenvalue weighted by Gasteiger charge is -2.44. The van der Waals surface area contributed by atoms with Crippen molar-refractivity contribution in [2.24, 2.45) is 11.3 Å². The minimum absolute atomic E-state index is 0.0428. The van der Waals surface area contributed by atoms with Gasteiger partial charge in [0, 0.05) is 35.6 Å². The summed E-state index contributed by atoms with van der Waals surface area (Å²) in [5.41, 5.74) is 3.61. The third kappa shape index (κ3) is 8.21. The standard InChI is InChI=1S/C33H50N4O3S2/c1-7-9-12-25(8-2)23-40-29(38)15-20-41-31-24(3)35-28(22-34-31)37-18-16-33(17-19-37)21-26-13-10-11-14-27(26)30(33)36-42(39)32(4,5)6/h10-11,13-14,22,25,30,36H,7-9,12,15-21,23H2,1-6H3/t25-,30-,42-/m1/s1. The molecular weight excluding hydrogens is 565 g/mol. The van der Waals surface area contributed by atoms with Gasteiger partial charge in [-0.05, 0) is 70.4 Å². The van der Waals surface area contributed by atoms with Crippen LogP contribution in [0.2, 0.25) is 0 Å². The summed E-state index contributed by atoms with van der Waals surface area (Å²) in [6.07, 6.45) is 9.78. The van der Waals surface area contributed by atoms with E-state index in [-0.39, 0.29) is 22.2 Å². The first-order chi connectivity index (χ1) is 20.1. The number of piperidine rings is 1. The number of fused-ring (bicyclic) bond motifs is 1. The van der Waals surface area contributed by atoms with Gasteiger partial charge in [0.1, 0.15) is 15.6 Å². The maximum atomic E-state index is 13.2. The molecule has 1 saturated heterocycles. The predicted octanol–water partition coefficient (Wildman–Crippen LogP) is 6.96. The van der Waals surface area contributed by atoms with Crippen LogP contribution in [0.4, 0.5) is 5.82 Å². The van der Waals surface area contributed by atoms with E-state index in [2.05, 4.69) is 47.7 Å². The molecule has 1 N–H and O–H groups in total. The third-order valence-electron chi connectivity index (χ3n) is 8.84. The highest BCUT2D eigenvalue weighted by molar-refractivity contribution is 7.99. The van der Waals surface area contributed by atoms with Crippen LogP contribution < -0.4 is 9.62 Å². The smallest absolute Gasteiger partial charge is 0.306 e.